The van der Waals surface area contributed by atoms with E-state index >= 15 is 0 Å². The largest absolute Gasteiger partial charge is 0.469 e. The zero-order valence-electron chi connectivity index (χ0n) is 10.2. The third-order valence-corrected chi connectivity index (χ3v) is 3.37. The van der Waals surface area contributed by atoms with E-state index in [-0.39, 0.29) is 29.5 Å². The lowest BCUT2D eigenvalue weighted by Crippen LogP contribution is -2.27. The lowest BCUT2D eigenvalue weighted by Gasteiger charge is -2.18. The van der Waals surface area contributed by atoms with Gasteiger partial charge in [-0.3, -0.25) is 9.59 Å². The van der Waals surface area contributed by atoms with E-state index in [1.165, 1.54) is 12.0 Å². The highest BCUT2D eigenvalue weighted by Gasteiger charge is 2.36. The Labute approximate surface area is 115 Å². The SMILES string of the molecule is COC(=O)C1CC(=O)N(c2cccc(Cl)c2C#N)C1. The first-order valence-corrected chi connectivity index (χ1v) is 6.03. The number of halogens is 1. The van der Waals surface area contributed by atoms with Gasteiger partial charge in [0.15, 0.2) is 0 Å². The number of methoxy groups -OCH3 is 1. The number of hydrogen-bond acceptors (Lipinski definition) is 4. The summed E-state index contributed by atoms with van der Waals surface area (Å²) in [6.45, 7) is 0.209. The fourth-order valence-corrected chi connectivity index (χ4v) is 2.33. The second kappa shape index (κ2) is 5.29. The number of esters is 1. The molecule has 1 aliphatic heterocycles. The number of ether oxygens (including phenoxy) is 1. The molecule has 0 spiro atoms. The van der Waals surface area contributed by atoms with Crippen molar-refractivity contribution in [3.63, 3.8) is 0 Å². The summed E-state index contributed by atoms with van der Waals surface area (Å²) in [5.74, 6) is -1.13. The molecule has 0 aromatic heterocycles. The van der Waals surface area contributed by atoms with Gasteiger partial charge in [-0.15, -0.1) is 0 Å². The summed E-state index contributed by atoms with van der Waals surface area (Å²) >= 11 is 5.93. The second-order valence-electron chi connectivity index (χ2n) is 4.17. The van der Waals surface area contributed by atoms with Gasteiger partial charge in [0, 0.05) is 13.0 Å². The maximum Gasteiger partial charge on any atom is 0.311 e. The molecule has 1 aromatic rings. The lowest BCUT2D eigenvalue weighted by molar-refractivity contribution is -0.145. The summed E-state index contributed by atoms with van der Waals surface area (Å²) in [5.41, 5.74) is 0.675. The third kappa shape index (κ3) is 2.40. The molecule has 1 unspecified atom stereocenters. The zero-order valence-corrected chi connectivity index (χ0v) is 11.0. The number of nitrogens with zero attached hydrogens (tertiary/aromatic N) is 2. The van der Waals surface area contributed by atoms with Crippen LogP contribution in [-0.2, 0) is 14.3 Å². The molecule has 2 rings (SSSR count). The average molecular weight is 279 g/mol. The van der Waals surface area contributed by atoms with E-state index < -0.39 is 11.9 Å². The quantitative estimate of drug-likeness (QED) is 0.773. The Kier molecular flexibility index (Phi) is 3.72. The Balaban J connectivity index is 2.34. The van der Waals surface area contributed by atoms with Crippen LogP contribution in [0.2, 0.25) is 5.02 Å². The van der Waals surface area contributed by atoms with Crippen LogP contribution in [0.15, 0.2) is 18.2 Å². The molecule has 1 aromatic carbocycles. The smallest absolute Gasteiger partial charge is 0.311 e. The molecular weight excluding hydrogens is 268 g/mol. The van der Waals surface area contributed by atoms with E-state index in [0.717, 1.165) is 0 Å². The van der Waals surface area contributed by atoms with Gasteiger partial charge in [0.05, 0.1) is 29.3 Å². The normalized spacial score (nSPS) is 18.3. The maximum absolute atomic E-state index is 12.0. The van der Waals surface area contributed by atoms with Crippen LogP contribution in [0, 0.1) is 17.2 Å². The number of carbonyl (C=O) groups is 2. The summed E-state index contributed by atoms with van der Waals surface area (Å²) in [5, 5.41) is 9.39. The Bertz CT molecular complexity index is 580. The van der Waals surface area contributed by atoms with Crippen molar-refractivity contribution in [3.05, 3.63) is 28.8 Å². The van der Waals surface area contributed by atoms with Gasteiger partial charge in [-0.2, -0.15) is 5.26 Å². The summed E-state index contributed by atoms with van der Waals surface area (Å²) < 4.78 is 4.64. The fraction of sp³-hybridized carbons (Fsp3) is 0.308. The van der Waals surface area contributed by atoms with E-state index in [9.17, 15) is 9.59 Å². The first kappa shape index (κ1) is 13.4. The molecule has 19 heavy (non-hydrogen) atoms. The van der Waals surface area contributed by atoms with Crippen molar-refractivity contribution in [2.75, 3.05) is 18.6 Å². The van der Waals surface area contributed by atoms with Crippen molar-refractivity contribution < 1.29 is 14.3 Å². The van der Waals surface area contributed by atoms with Crippen molar-refractivity contribution in [1.29, 1.82) is 5.26 Å². The van der Waals surface area contributed by atoms with Crippen LogP contribution in [0.3, 0.4) is 0 Å². The van der Waals surface area contributed by atoms with Crippen LogP contribution in [-0.4, -0.2) is 25.5 Å². The van der Waals surface area contributed by atoms with Gasteiger partial charge in [0.2, 0.25) is 5.91 Å². The molecule has 0 N–H and O–H groups in total. The van der Waals surface area contributed by atoms with Crippen molar-refractivity contribution in [2.24, 2.45) is 5.92 Å². The van der Waals surface area contributed by atoms with Crippen molar-refractivity contribution in [2.45, 2.75) is 6.42 Å². The molecule has 1 aliphatic rings. The van der Waals surface area contributed by atoms with Gasteiger partial charge in [0.1, 0.15) is 6.07 Å². The lowest BCUT2D eigenvalue weighted by atomic mass is 10.1. The van der Waals surface area contributed by atoms with Crippen LogP contribution in [0.1, 0.15) is 12.0 Å². The monoisotopic (exact) mass is 278 g/mol. The molecule has 0 saturated carbocycles. The molecule has 0 radical (unpaired) electrons. The molecule has 1 fully saturated rings. The topological polar surface area (TPSA) is 70.4 Å². The van der Waals surface area contributed by atoms with E-state index in [2.05, 4.69) is 4.74 Å². The minimum absolute atomic E-state index is 0.0874. The highest BCUT2D eigenvalue weighted by molar-refractivity contribution is 6.32. The number of anilines is 1. The van der Waals surface area contributed by atoms with Gasteiger partial charge in [0.25, 0.3) is 0 Å². The first-order valence-electron chi connectivity index (χ1n) is 5.65. The maximum atomic E-state index is 12.0. The molecule has 1 atom stereocenters. The molecule has 1 saturated heterocycles. The second-order valence-corrected chi connectivity index (χ2v) is 4.58. The van der Waals surface area contributed by atoms with Gasteiger partial charge >= 0.3 is 5.97 Å². The van der Waals surface area contributed by atoms with Crippen LogP contribution in [0.5, 0.6) is 0 Å². The summed E-state index contributed by atoms with van der Waals surface area (Å²) in [7, 11) is 1.29. The summed E-state index contributed by atoms with van der Waals surface area (Å²) in [6.07, 6.45) is 0.0874. The fourth-order valence-electron chi connectivity index (χ4n) is 2.11. The Morgan fingerprint density at radius 2 is 2.32 bits per heavy atom. The highest BCUT2D eigenvalue weighted by Crippen LogP contribution is 2.31. The summed E-state index contributed by atoms with van der Waals surface area (Å²) in [4.78, 5) is 24.8. The number of carbonyl (C=O) groups excluding carboxylic acids is 2. The molecule has 1 heterocycles. The predicted molar refractivity (Wildman–Crippen MR) is 68.6 cm³/mol. The molecule has 0 bridgehead atoms. The van der Waals surface area contributed by atoms with Gasteiger partial charge in [-0.05, 0) is 12.1 Å². The number of hydrogen-bond donors (Lipinski definition) is 0. The van der Waals surface area contributed by atoms with Crippen molar-refractivity contribution in [3.8, 4) is 6.07 Å². The number of rotatable bonds is 2. The summed E-state index contributed by atoms with van der Waals surface area (Å²) in [6, 6.07) is 6.87. The van der Waals surface area contributed by atoms with E-state index in [4.69, 9.17) is 16.9 Å². The molecule has 5 nitrogen and oxygen atoms in total. The highest BCUT2D eigenvalue weighted by atomic mass is 35.5. The van der Waals surface area contributed by atoms with E-state index in [1.54, 1.807) is 18.2 Å². The van der Waals surface area contributed by atoms with Crippen LogP contribution < -0.4 is 4.90 Å². The van der Waals surface area contributed by atoms with Crippen molar-refractivity contribution >= 4 is 29.2 Å². The number of benzene rings is 1. The molecule has 6 heteroatoms. The van der Waals surface area contributed by atoms with Crippen LogP contribution >= 0.6 is 11.6 Å². The Hall–Kier alpha value is -2.06. The predicted octanol–water partition coefficient (Wildman–Crippen LogP) is 1.74. The van der Waals surface area contributed by atoms with E-state index in [1.807, 2.05) is 6.07 Å². The molecule has 0 aliphatic carbocycles. The minimum Gasteiger partial charge on any atom is -0.469 e. The van der Waals surface area contributed by atoms with Crippen LogP contribution in [0.4, 0.5) is 5.69 Å². The van der Waals surface area contributed by atoms with Crippen LogP contribution in [0.25, 0.3) is 0 Å². The zero-order chi connectivity index (χ0) is 14.0. The molecule has 1 amide bonds. The standard InChI is InChI=1S/C13H11ClN2O3/c1-19-13(18)8-5-12(17)16(7-8)11-4-2-3-10(14)9(11)6-15/h2-4,8H,5,7H2,1H3. The number of nitriles is 1. The minimum atomic E-state index is -0.497. The Morgan fingerprint density at radius 1 is 1.58 bits per heavy atom. The van der Waals surface area contributed by atoms with Crippen molar-refractivity contribution in [1.82, 2.24) is 0 Å². The third-order valence-electron chi connectivity index (χ3n) is 3.05. The Morgan fingerprint density at radius 3 is 2.95 bits per heavy atom. The van der Waals surface area contributed by atoms with Gasteiger partial charge < -0.3 is 9.64 Å². The first-order chi connectivity index (χ1) is 9.08. The average Bonchev–Trinajstić information content (AvgIpc) is 2.79. The molecule has 98 valence electrons. The van der Waals surface area contributed by atoms with Gasteiger partial charge in [-0.1, -0.05) is 17.7 Å². The van der Waals surface area contributed by atoms with E-state index in [0.29, 0.717) is 5.69 Å². The number of amides is 1. The van der Waals surface area contributed by atoms with Gasteiger partial charge in [-0.25, -0.2) is 0 Å². The molecular formula is C13H11ClN2O3.